The van der Waals surface area contributed by atoms with Crippen LogP contribution in [0.15, 0.2) is 23.1 Å². The molecule has 0 heterocycles. The summed E-state index contributed by atoms with van der Waals surface area (Å²) in [6.07, 6.45) is 7.93. The summed E-state index contributed by atoms with van der Waals surface area (Å²) in [6.45, 7) is 0.782. The number of nitrogens with one attached hydrogen (secondary N) is 1. The molecule has 14 heavy (non-hydrogen) atoms. The molecule has 1 N–H and O–H groups in total. The van der Waals surface area contributed by atoms with Gasteiger partial charge in [-0.15, -0.1) is 24.1 Å². The van der Waals surface area contributed by atoms with Gasteiger partial charge in [0.05, 0.1) is 0 Å². The van der Waals surface area contributed by atoms with E-state index in [1.807, 2.05) is 24.5 Å². The van der Waals surface area contributed by atoms with Gasteiger partial charge in [0.1, 0.15) is 0 Å². The normalized spacial score (nSPS) is 9.50. The molecule has 1 aromatic rings. The third-order valence-electron chi connectivity index (χ3n) is 1.75. The largest absolute Gasteiger partial charge is 0.383 e. The molecule has 3 heteroatoms. The maximum atomic E-state index is 5.90. The summed E-state index contributed by atoms with van der Waals surface area (Å²) in [7, 11) is 0. The Hall–Kier alpha value is -0.780. The third kappa shape index (κ3) is 3.17. The van der Waals surface area contributed by atoms with Crippen molar-refractivity contribution in [3.05, 3.63) is 23.2 Å². The van der Waals surface area contributed by atoms with Crippen molar-refractivity contribution >= 4 is 29.1 Å². The molecule has 0 aliphatic carbocycles. The molecule has 1 rings (SSSR count). The van der Waals surface area contributed by atoms with E-state index in [1.165, 1.54) is 4.90 Å². The van der Waals surface area contributed by atoms with Crippen LogP contribution in [0.5, 0.6) is 0 Å². The number of terminal acetylenes is 1. The van der Waals surface area contributed by atoms with Crippen LogP contribution in [-0.2, 0) is 0 Å². The van der Waals surface area contributed by atoms with Crippen LogP contribution in [0, 0.1) is 12.3 Å². The van der Waals surface area contributed by atoms with Crippen molar-refractivity contribution in [3.63, 3.8) is 0 Å². The predicted molar refractivity (Wildman–Crippen MR) is 65.2 cm³/mol. The third-order valence-corrected chi connectivity index (χ3v) is 2.78. The minimum Gasteiger partial charge on any atom is -0.383 e. The van der Waals surface area contributed by atoms with E-state index in [4.69, 9.17) is 18.0 Å². The molecular formula is C11H12ClNS. The van der Waals surface area contributed by atoms with E-state index in [-0.39, 0.29) is 0 Å². The van der Waals surface area contributed by atoms with Crippen molar-refractivity contribution in [2.24, 2.45) is 0 Å². The van der Waals surface area contributed by atoms with Gasteiger partial charge in [0.15, 0.2) is 0 Å². The van der Waals surface area contributed by atoms with Gasteiger partial charge >= 0.3 is 0 Å². The molecule has 0 aliphatic rings. The summed E-state index contributed by atoms with van der Waals surface area (Å²) < 4.78 is 0. The van der Waals surface area contributed by atoms with Gasteiger partial charge in [0.25, 0.3) is 0 Å². The Morgan fingerprint density at radius 2 is 2.36 bits per heavy atom. The van der Waals surface area contributed by atoms with Gasteiger partial charge in [-0.2, -0.15) is 0 Å². The Bertz CT molecular complexity index is 344. The fraction of sp³-hybridized carbons (Fsp3) is 0.273. The Kier molecular flexibility index (Phi) is 4.72. The molecule has 0 spiro atoms. The van der Waals surface area contributed by atoms with Gasteiger partial charge in [0, 0.05) is 28.6 Å². The lowest BCUT2D eigenvalue weighted by Crippen LogP contribution is -2.01. The minimum atomic E-state index is 0.723. The number of halogens is 1. The number of benzene rings is 1. The summed E-state index contributed by atoms with van der Waals surface area (Å²) in [5.74, 6) is 2.59. The first-order valence-corrected chi connectivity index (χ1v) is 5.89. The molecule has 0 saturated carbocycles. The zero-order valence-corrected chi connectivity index (χ0v) is 9.58. The predicted octanol–water partition coefficient (Wildman–Crippen LogP) is 3.50. The number of hydrogen-bond donors (Lipinski definition) is 1. The average Bonchev–Trinajstić information content (AvgIpc) is 2.19. The molecule has 0 radical (unpaired) electrons. The molecule has 0 saturated heterocycles. The number of rotatable bonds is 4. The molecule has 0 bridgehead atoms. The fourth-order valence-electron chi connectivity index (χ4n) is 1.09. The quantitative estimate of drug-likeness (QED) is 0.478. The lowest BCUT2D eigenvalue weighted by Gasteiger charge is -2.09. The van der Waals surface area contributed by atoms with Crippen molar-refractivity contribution in [2.75, 3.05) is 18.1 Å². The van der Waals surface area contributed by atoms with Gasteiger partial charge < -0.3 is 5.32 Å². The van der Waals surface area contributed by atoms with Crippen LogP contribution in [0.2, 0.25) is 5.02 Å². The van der Waals surface area contributed by atoms with Crippen LogP contribution in [0.1, 0.15) is 6.42 Å². The molecule has 0 fully saturated rings. The smallest absolute Gasteiger partial charge is 0.0493 e. The van der Waals surface area contributed by atoms with Crippen molar-refractivity contribution in [1.29, 1.82) is 0 Å². The number of hydrogen-bond acceptors (Lipinski definition) is 2. The molecule has 1 aromatic carbocycles. The minimum absolute atomic E-state index is 0.723. The molecular weight excluding hydrogens is 214 g/mol. The van der Waals surface area contributed by atoms with Gasteiger partial charge in [-0.25, -0.2) is 0 Å². The summed E-state index contributed by atoms with van der Waals surface area (Å²) in [5, 5.41) is 4.00. The molecule has 0 atom stereocenters. The van der Waals surface area contributed by atoms with E-state index in [0.717, 1.165) is 23.7 Å². The maximum Gasteiger partial charge on any atom is 0.0493 e. The second-order valence-corrected chi connectivity index (χ2v) is 4.01. The second kappa shape index (κ2) is 5.85. The van der Waals surface area contributed by atoms with Crippen molar-refractivity contribution in [2.45, 2.75) is 11.3 Å². The van der Waals surface area contributed by atoms with Gasteiger partial charge in [-0.1, -0.05) is 11.6 Å². The maximum absolute atomic E-state index is 5.90. The van der Waals surface area contributed by atoms with E-state index in [1.54, 1.807) is 11.8 Å². The van der Waals surface area contributed by atoms with Crippen molar-refractivity contribution in [1.82, 2.24) is 0 Å². The standard InChI is InChI=1S/C11H12ClNS/c1-3-4-7-13-10-8-9(12)5-6-11(10)14-2/h1,5-6,8,13H,4,7H2,2H3. The Morgan fingerprint density at radius 3 is 3.00 bits per heavy atom. The average molecular weight is 226 g/mol. The monoisotopic (exact) mass is 225 g/mol. The SMILES string of the molecule is C#CCCNc1cc(Cl)ccc1SC. The highest BCUT2D eigenvalue weighted by atomic mass is 35.5. The van der Waals surface area contributed by atoms with Crippen LogP contribution in [0.25, 0.3) is 0 Å². The molecule has 0 aliphatic heterocycles. The van der Waals surface area contributed by atoms with Crippen LogP contribution in [-0.4, -0.2) is 12.8 Å². The summed E-state index contributed by atoms with van der Waals surface area (Å²) in [5.41, 5.74) is 1.06. The first kappa shape index (κ1) is 11.3. The highest BCUT2D eigenvalue weighted by molar-refractivity contribution is 7.98. The molecule has 0 amide bonds. The van der Waals surface area contributed by atoms with E-state index >= 15 is 0 Å². The van der Waals surface area contributed by atoms with E-state index in [2.05, 4.69) is 11.2 Å². The van der Waals surface area contributed by atoms with Crippen LogP contribution < -0.4 is 5.32 Å². The summed E-state index contributed by atoms with van der Waals surface area (Å²) >= 11 is 7.59. The van der Waals surface area contributed by atoms with E-state index in [0.29, 0.717) is 0 Å². The Morgan fingerprint density at radius 1 is 1.57 bits per heavy atom. The first-order chi connectivity index (χ1) is 6.77. The first-order valence-electron chi connectivity index (χ1n) is 4.29. The second-order valence-electron chi connectivity index (χ2n) is 2.73. The van der Waals surface area contributed by atoms with Crippen LogP contribution in [0.4, 0.5) is 5.69 Å². The molecule has 1 nitrogen and oxygen atoms in total. The van der Waals surface area contributed by atoms with E-state index < -0.39 is 0 Å². The van der Waals surface area contributed by atoms with Crippen molar-refractivity contribution < 1.29 is 0 Å². The fourth-order valence-corrected chi connectivity index (χ4v) is 1.81. The Labute approximate surface area is 94.2 Å². The van der Waals surface area contributed by atoms with Gasteiger partial charge in [-0.05, 0) is 24.5 Å². The summed E-state index contributed by atoms with van der Waals surface area (Å²) in [4.78, 5) is 1.19. The van der Waals surface area contributed by atoms with E-state index in [9.17, 15) is 0 Å². The Balaban J connectivity index is 2.73. The van der Waals surface area contributed by atoms with Gasteiger partial charge in [-0.3, -0.25) is 0 Å². The van der Waals surface area contributed by atoms with Crippen molar-refractivity contribution in [3.8, 4) is 12.3 Å². The van der Waals surface area contributed by atoms with Crippen LogP contribution >= 0.6 is 23.4 Å². The highest BCUT2D eigenvalue weighted by Crippen LogP contribution is 2.28. The zero-order valence-electron chi connectivity index (χ0n) is 8.01. The molecule has 0 unspecified atom stereocenters. The zero-order chi connectivity index (χ0) is 10.4. The lowest BCUT2D eigenvalue weighted by atomic mass is 10.3. The number of thioether (sulfide) groups is 1. The lowest BCUT2D eigenvalue weighted by molar-refractivity contribution is 1.09. The van der Waals surface area contributed by atoms with Gasteiger partial charge in [0.2, 0.25) is 0 Å². The number of anilines is 1. The highest BCUT2D eigenvalue weighted by Gasteiger charge is 2.00. The molecule has 74 valence electrons. The van der Waals surface area contributed by atoms with Crippen LogP contribution in [0.3, 0.4) is 0 Å². The molecule has 0 aromatic heterocycles. The topological polar surface area (TPSA) is 12.0 Å². The summed E-state index contributed by atoms with van der Waals surface area (Å²) in [6, 6.07) is 5.81.